The molecule has 0 saturated carbocycles. The topological polar surface area (TPSA) is 55.8 Å². The molecule has 1 amide bonds. The maximum atomic E-state index is 12.6. The van der Waals surface area contributed by atoms with Crippen LogP contribution in [0.25, 0.3) is 0 Å². The largest absolute Gasteiger partial charge is 0.467 e. The molecule has 1 aromatic carbocycles. The van der Waals surface area contributed by atoms with E-state index in [1.807, 2.05) is 18.2 Å². The summed E-state index contributed by atoms with van der Waals surface area (Å²) in [6.07, 6.45) is 1.48. The lowest BCUT2D eigenvalue weighted by Crippen LogP contribution is -2.41. The number of carbonyl (C=O) groups is 2. The number of likely N-dealkylation sites (tertiary alicyclic amines) is 1. The average molecular weight is 277 g/mol. The van der Waals surface area contributed by atoms with Crippen LogP contribution in [0.3, 0.4) is 0 Å². The predicted molar refractivity (Wildman–Crippen MR) is 73.2 cm³/mol. The average Bonchev–Trinajstić information content (AvgIpc) is 2.96. The molecule has 0 aliphatic carbocycles. The van der Waals surface area contributed by atoms with Crippen LogP contribution in [-0.4, -0.2) is 43.6 Å². The molecule has 0 spiro atoms. The number of hydrogen-bond acceptors (Lipinski definition) is 4. The molecule has 0 aromatic heterocycles. The van der Waals surface area contributed by atoms with Crippen LogP contribution in [-0.2, 0) is 20.9 Å². The predicted octanol–water partition coefficient (Wildman–Crippen LogP) is 1.61. The van der Waals surface area contributed by atoms with Crippen LogP contribution in [0.1, 0.15) is 28.8 Å². The molecule has 1 saturated heterocycles. The highest BCUT2D eigenvalue weighted by atomic mass is 16.5. The molecule has 1 atom stereocenters. The van der Waals surface area contributed by atoms with E-state index in [1.165, 1.54) is 7.11 Å². The van der Waals surface area contributed by atoms with Gasteiger partial charge in [-0.15, -0.1) is 0 Å². The van der Waals surface area contributed by atoms with Gasteiger partial charge in [0, 0.05) is 19.2 Å². The minimum atomic E-state index is -0.469. The summed E-state index contributed by atoms with van der Waals surface area (Å²) in [6.45, 7) is 0.957. The van der Waals surface area contributed by atoms with Gasteiger partial charge in [-0.2, -0.15) is 0 Å². The van der Waals surface area contributed by atoms with Crippen molar-refractivity contribution in [3.63, 3.8) is 0 Å². The van der Waals surface area contributed by atoms with Gasteiger partial charge in [-0.1, -0.05) is 18.2 Å². The van der Waals surface area contributed by atoms with E-state index in [4.69, 9.17) is 9.47 Å². The molecule has 1 aliphatic rings. The fraction of sp³-hybridized carbons (Fsp3) is 0.467. The molecule has 5 heteroatoms. The van der Waals surface area contributed by atoms with Gasteiger partial charge in [-0.25, -0.2) is 4.79 Å². The smallest absolute Gasteiger partial charge is 0.328 e. The van der Waals surface area contributed by atoms with Crippen molar-refractivity contribution in [1.29, 1.82) is 0 Å². The molecule has 0 radical (unpaired) electrons. The molecule has 2 rings (SSSR count). The Hall–Kier alpha value is -1.88. The Morgan fingerprint density at radius 1 is 1.30 bits per heavy atom. The zero-order chi connectivity index (χ0) is 14.5. The van der Waals surface area contributed by atoms with Crippen molar-refractivity contribution < 1.29 is 19.1 Å². The standard InChI is InChI=1S/C15H19NO4/c1-19-10-11-6-3-4-7-12(11)14(17)16-9-5-8-13(16)15(18)20-2/h3-4,6-7,13H,5,8-10H2,1-2H3. The molecule has 108 valence electrons. The number of carbonyl (C=O) groups excluding carboxylic acids is 2. The lowest BCUT2D eigenvalue weighted by Gasteiger charge is -2.23. The number of ether oxygens (including phenoxy) is 2. The van der Waals surface area contributed by atoms with E-state index < -0.39 is 6.04 Å². The minimum Gasteiger partial charge on any atom is -0.467 e. The van der Waals surface area contributed by atoms with Gasteiger partial charge in [-0.05, 0) is 24.5 Å². The zero-order valence-corrected chi connectivity index (χ0v) is 11.8. The van der Waals surface area contributed by atoms with E-state index in [0.717, 1.165) is 12.0 Å². The van der Waals surface area contributed by atoms with Gasteiger partial charge in [-0.3, -0.25) is 4.79 Å². The van der Waals surface area contributed by atoms with E-state index in [0.29, 0.717) is 25.1 Å². The molecule has 1 unspecified atom stereocenters. The number of benzene rings is 1. The van der Waals surface area contributed by atoms with Crippen molar-refractivity contribution in [2.24, 2.45) is 0 Å². The summed E-state index contributed by atoms with van der Waals surface area (Å²) < 4.78 is 9.89. The van der Waals surface area contributed by atoms with E-state index in [-0.39, 0.29) is 11.9 Å². The third kappa shape index (κ3) is 2.82. The SMILES string of the molecule is COCc1ccccc1C(=O)N1CCCC1C(=O)OC. The molecule has 1 fully saturated rings. The first-order valence-corrected chi connectivity index (χ1v) is 6.64. The van der Waals surface area contributed by atoms with Crippen LogP contribution in [0.4, 0.5) is 0 Å². The van der Waals surface area contributed by atoms with Crippen molar-refractivity contribution in [2.45, 2.75) is 25.5 Å². The highest BCUT2D eigenvalue weighted by molar-refractivity contribution is 5.98. The summed E-state index contributed by atoms with van der Waals surface area (Å²) in [4.78, 5) is 26.0. The molecule has 0 bridgehead atoms. The summed E-state index contributed by atoms with van der Waals surface area (Å²) in [5.41, 5.74) is 1.42. The summed E-state index contributed by atoms with van der Waals surface area (Å²) in [6, 6.07) is 6.84. The van der Waals surface area contributed by atoms with E-state index >= 15 is 0 Å². The van der Waals surface area contributed by atoms with Crippen LogP contribution >= 0.6 is 0 Å². The molecular weight excluding hydrogens is 258 g/mol. The van der Waals surface area contributed by atoms with Crippen LogP contribution < -0.4 is 0 Å². The van der Waals surface area contributed by atoms with Gasteiger partial charge >= 0.3 is 5.97 Å². The summed E-state index contributed by atoms with van der Waals surface area (Å²) >= 11 is 0. The van der Waals surface area contributed by atoms with E-state index in [2.05, 4.69) is 0 Å². The number of amides is 1. The Labute approximate surface area is 118 Å². The maximum absolute atomic E-state index is 12.6. The van der Waals surface area contributed by atoms with Gasteiger partial charge in [0.25, 0.3) is 5.91 Å². The van der Waals surface area contributed by atoms with Gasteiger partial charge in [0.2, 0.25) is 0 Å². The Morgan fingerprint density at radius 3 is 2.75 bits per heavy atom. The fourth-order valence-corrected chi connectivity index (χ4v) is 2.56. The van der Waals surface area contributed by atoms with Crippen molar-refractivity contribution in [3.05, 3.63) is 35.4 Å². The quantitative estimate of drug-likeness (QED) is 0.785. The summed E-state index contributed by atoms with van der Waals surface area (Å²) in [5.74, 6) is -0.481. The number of methoxy groups -OCH3 is 2. The van der Waals surface area contributed by atoms with Crippen LogP contribution in [0.2, 0.25) is 0 Å². The first-order valence-electron chi connectivity index (χ1n) is 6.64. The van der Waals surface area contributed by atoms with Crippen molar-refractivity contribution in [1.82, 2.24) is 4.90 Å². The Kier molecular flexibility index (Phi) is 4.74. The number of hydrogen-bond donors (Lipinski definition) is 0. The number of rotatable bonds is 4. The van der Waals surface area contributed by atoms with Crippen LogP contribution in [0.5, 0.6) is 0 Å². The van der Waals surface area contributed by atoms with Crippen LogP contribution in [0.15, 0.2) is 24.3 Å². The van der Waals surface area contributed by atoms with Crippen molar-refractivity contribution in [2.75, 3.05) is 20.8 Å². The molecule has 1 heterocycles. The Bertz CT molecular complexity index is 500. The normalized spacial score (nSPS) is 18.1. The van der Waals surface area contributed by atoms with E-state index in [1.54, 1.807) is 18.1 Å². The second kappa shape index (κ2) is 6.52. The van der Waals surface area contributed by atoms with E-state index in [9.17, 15) is 9.59 Å². The zero-order valence-electron chi connectivity index (χ0n) is 11.8. The highest BCUT2D eigenvalue weighted by Gasteiger charge is 2.35. The maximum Gasteiger partial charge on any atom is 0.328 e. The second-order valence-electron chi connectivity index (χ2n) is 4.77. The number of esters is 1. The molecule has 1 aliphatic heterocycles. The van der Waals surface area contributed by atoms with Gasteiger partial charge in [0.15, 0.2) is 0 Å². The fourth-order valence-electron chi connectivity index (χ4n) is 2.56. The van der Waals surface area contributed by atoms with Gasteiger partial charge in [0.05, 0.1) is 13.7 Å². The van der Waals surface area contributed by atoms with Gasteiger partial charge in [0.1, 0.15) is 6.04 Å². The third-order valence-electron chi connectivity index (χ3n) is 3.53. The van der Waals surface area contributed by atoms with Crippen LogP contribution in [0, 0.1) is 0 Å². The lowest BCUT2D eigenvalue weighted by atomic mass is 10.1. The lowest BCUT2D eigenvalue weighted by molar-refractivity contribution is -0.145. The first-order chi connectivity index (χ1) is 9.69. The number of nitrogens with zero attached hydrogens (tertiary/aromatic N) is 1. The van der Waals surface area contributed by atoms with Gasteiger partial charge < -0.3 is 14.4 Å². The first kappa shape index (κ1) is 14.5. The summed E-state index contributed by atoms with van der Waals surface area (Å²) in [7, 11) is 2.94. The van der Waals surface area contributed by atoms with Crippen molar-refractivity contribution in [3.8, 4) is 0 Å². The highest BCUT2D eigenvalue weighted by Crippen LogP contribution is 2.22. The second-order valence-corrected chi connectivity index (χ2v) is 4.77. The molecule has 1 aromatic rings. The monoisotopic (exact) mass is 277 g/mol. The molecular formula is C15H19NO4. The molecule has 0 N–H and O–H groups in total. The Balaban J connectivity index is 2.24. The molecule has 5 nitrogen and oxygen atoms in total. The van der Waals surface area contributed by atoms with Crippen molar-refractivity contribution >= 4 is 11.9 Å². The summed E-state index contributed by atoms with van der Waals surface area (Å²) in [5, 5.41) is 0. The Morgan fingerprint density at radius 2 is 2.05 bits per heavy atom. The third-order valence-corrected chi connectivity index (χ3v) is 3.53. The minimum absolute atomic E-state index is 0.134. The molecule has 20 heavy (non-hydrogen) atoms.